The van der Waals surface area contributed by atoms with E-state index in [1.807, 2.05) is 24.3 Å². The molecule has 0 atom stereocenters. The molecule has 0 bridgehead atoms. The van der Waals surface area contributed by atoms with E-state index >= 15 is 0 Å². The van der Waals surface area contributed by atoms with Crippen LogP contribution in [-0.2, 0) is 0 Å². The highest BCUT2D eigenvalue weighted by Crippen LogP contribution is 2.31. The third-order valence-corrected chi connectivity index (χ3v) is 3.41. The van der Waals surface area contributed by atoms with Gasteiger partial charge in [0.25, 0.3) is 0 Å². The molecule has 0 radical (unpaired) electrons. The number of fused-ring (bicyclic) bond motifs is 3. The van der Waals surface area contributed by atoms with Crippen molar-refractivity contribution < 1.29 is 9.59 Å². The van der Waals surface area contributed by atoms with E-state index in [4.69, 9.17) is 0 Å². The zero-order valence-electron chi connectivity index (χ0n) is 10.8. The van der Waals surface area contributed by atoms with Crippen molar-refractivity contribution in [2.45, 2.75) is 13.8 Å². The first-order valence-corrected chi connectivity index (χ1v) is 6.15. The molecule has 0 unspecified atom stereocenters. The SMILES string of the molecule is CC(=O)c1cccc2[nH]c3cccc(C(C)=O)c3c12. The maximum atomic E-state index is 11.8. The molecule has 1 N–H and O–H groups in total. The van der Waals surface area contributed by atoms with Gasteiger partial charge in [0.05, 0.1) is 0 Å². The lowest BCUT2D eigenvalue weighted by Crippen LogP contribution is -1.95. The van der Waals surface area contributed by atoms with Crippen molar-refractivity contribution in [3.63, 3.8) is 0 Å². The Morgan fingerprint density at radius 2 is 1.21 bits per heavy atom. The summed E-state index contributed by atoms with van der Waals surface area (Å²) in [6, 6.07) is 11.1. The maximum Gasteiger partial charge on any atom is 0.160 e. The van der Waals surface area contributed by atoms with Gasteiger partial charge in [-0.25, -0.2) is 0 Å². The minimum Gasteiger partial charge on any atom is -0.354 e. The topological polar surface area (TPSA) is 49.9 Å². The number of aromatic nitrogens is 1. The van der Waals surface area contributed by atoms with E-state index < -0.39 is 0 Å². The van der Waals surface area contributed by atoms with Crippen LogP contribution < -0.4 is 0 Å². The van der Waals surface area contributed by atoms with Crippen LogP contribution in [0, 0.1) is 0 Å². The molecule has 2 aromatic carbocycles. The van der Waals surface area contributed by atoms with E-state index in [0.717, 1.165) is 21.8 Å². The molecule has 94 valence electrons. The van der Waals surface area contributed by atoms with Crippen molar-refractivity contribution in [2.24, 2.45) is 0 Å². The molecule has 0 saturated heterocycles. The van der Waals surface area contributed by atoms with Gasteiger partial charge in [0.1, 0.15) is 0 Å². The molecule has 3 nitrogen and oxygen atoms in total. The van der Waals surface area contributed by atoms with Crippen molar-refractivity contribution in [1.82, 2.24) is 4.98 Å². The summed E-state index contributed by atoms with van der Waals surface area (Å²) >= 11 is 0. The van der Waals surface area contributed by atoms with E-state index in [2.05, 4.69) is 4.98 Å². The third kappa shape index (κ3) is 1.66. The zero-order valence-corrected chi connectivity index (χ0v) is 10.8. The van der Waals surface area contributed by atoms with Crippen molar-refractivity contribution in [2.75, 3.05) is 0 Å². The molecule has 0 aliphatic carbocycles. The fourth-order valence-electron chi connectivity index (χ4n) is 2.58. The summed E-state index contributed by atoms with van der Waals surface area (Å²) in [5, 5.41) is 1.69. The predicted molar refractivity (Wildman–Crippen MR) is 75.8 cm³/mol. The first-order valence-electron chi connectivity index (χ1n) is 6.15. The molecule has 0 aliphatic rings. The number of hydrogen-bond donors (Lipinski definition) is 1. The fraction of sp³-hybridized carbons (Fsp3) is 0.125. The Hall–Kier alpha value is -2.42. The van der Waals surface area contributed by atoms with E-state index in [1.54, 1.807) is 26.0 Å². The van der Waals surface area contributed by atoms with Gasteiger partial charge >= 0.3 is 0 Å². The number of aromatic amines is 1. The average molecular weight is 251 g/mol. The number of carbonyl (C=O) groups excluding carboxylic acids is 2. The van der Waals surface area contributed by atoms with Crippen LogP contribution in [0.5, 0.6) is 0 Å². The molecule has 0 aliphatic heterocycles. The van der Waals surface area contributed by atoms with Gasteiger partial charge in [-0.15, -0.1) is 0 Å². The van der Waals surface area contributed by atoms with Crippen LogP contribution in [0.15, 0.2) is 36.4 Å². The van der Waals surface area contributed by atoms with Crippen molar-refractivity contribution in [3.8, 4) is 0 Å². The summed E-state index contributed by atoms with van der Waals surface area (Å²) in [6.07, 6.45) is 0. The summed E-state index contributed by atoms with van der Waals surface area (Å²) in [6.45, 7) is 3.09. The van der Waals surface area contributed by atoms with Gasteiger partial charge in [-0.05, 0) is 26.0 Å². The quantitative estimate of drug-likeness (QED) is 0.705. The first kappa shape index (κ1) is 11.7. The molecule has 0 spiro atoms. The Morgan fingerprint density at radius 1 is 0.789 bits per heavy atom. The Labute approximate surface area is 110 Å². The number of hydrogen-bond acceptors (Lipinski definition) is 2. The number of benzene rings is 2. The van der Waals surface area contributed by atoms with E-state index in [9.17, 15) is 9.59 Å². The fourth-order valence-corrected chi connectivity index (χ4v) is 2.58. The molecule has 0 saturated carbocycles. The van der Waals surface area contributed by atoms with Crippen LogP contribution in [0.3, 0.4) is 0 Å². The smallest absolute Gasteiger partial charge is 0.160 e. The minimum absolute atomic E-state index is 0.00450. The molecule has 3 aromatic rings. The standard InChI is InChI=1S/C16H13NO2/c1-9(18)11-5-3-7-13-15(11)16-12(10(2)19)6-4-8-14(16)17-13/h3-8,17H,1-2H3. The summed E-state index contributed by atoms with van der Waals surface area (Å²) in [5.41, 5.74) is 3.07. The second kappa shape index (κ2) is 4.05. The maximum absolute atomic E-state index is 11.8. The second-order valence-electron chi connectivity index (χ2n) is 4.69. The molecule has 0 fully saturated rings. The lowest BCUT2D eigenvalue weighted by atomic mass is 9.99. The normalized spacial score (nSPS) is 11.1. The molecule has 1 aromatic heterocycles. The summed E-state index contributed by atoms with van der Waals surface area (Å²) in [5.74, 6) is 0.00899. The van der Waals surface area contributed by atoms with E-state index in [0.29, 0.717) is 11.1 Å². The molecule has 0 amide bonds. The van der Waals surface area contributed by atoms with Crippen LogP contribution in [0.1, 0.15) is 34.6 Å². The number of Topliss-reactive ketones (excluding diaryl/α,β-unsaturated/α-hetero) is 2. The van der Waals surface area contributed by atoms with Crippen LogP contribution >= 0.6 is 0 Å². The molecular formula is C16H13NO2. The van der Waals surface area contributed by atoms with Crippen molar-refractivity contribution >= 4 is 33.4 Å². The highest BCUT2D eigenvalue weighted by atomic mass is 16.1. The van der Waals surface area contributed by atoms with Crippen LogP contribution in [0.2, 0.25) is 0 Å². The van der Waals surface area contributed by atoms with Crippen LogP contribution in [0.25, 0.3) is 21.8 Å². The van der Waals surface area contributed by atoms with Gasteiger partial charge in [0, 0.05) is 32.9 Å². The lowest BCUT2D eigenvalue weighted by Gasteiger charge is -2.02. The molecule has 19 heavy (non-hydrogen) atoms. The highest BCUT2D eigenvalue weighted by Gasteiger charge is 2.15. The molecular weight excluding hydrogens is 238 g/mol. The van der Waals surface area contributed by atoms with Gasteiger partial charge in [-0.1, -0.05) is 24.3 Å². The van der Waals surface area contributed by atoms with Gasteiger partial charge in [0.2, 0.25) is 0 Å². The van der Waals surface area contributed by atoms with Crippen molar-refractivity contribution in [3.05, 3.63) is 47.5 Å². The second-order valence-corrected chi connectivity index (χ2v) is 4.69. The van der Waals surface area contributed by atoms with Crippen LogP contribution in [-0.4, -0.2) is 16.6 Å². The van der Waals surface area contributed by atoms with Gasteiger partial charge in [0.15, 0.2) is 11.6 Å². The van der Waals surface area contributed by atoms with Crippen molar-refractivity contribution in [1.29, 1.82) is 0 Å². The highest BCUT2D eigenvalue weighted by molar-refractivity contribution is 6.23. The molecule has 3 rings (SSSR count). The van der Waals surface area contributed by atoms with Gasteiger partial charge in [-0.3, -0.25) is 9.59 Å². The number of nitrogens with one attached hydrogen (secondary N) is 1. The number of rotatable bonds is 2. The first-order chi connectivity index (χ1) is 9.09. The monoisotopic (exact) mass is 251 g/mol. The average Bonchev–Trinajstić information content (AvgIpc) is 2.76. The van der Waals surface area contributed by atoms with Gasteiger partial charge < -0.3 is 4.98 Å². The minimum atomic E-state index is 0.00450. The lowest BCUT2D eigenvalue weighted by molar-refractivity contribution is 0.101. The zero-order chi connectivity index (χ0) is 13.6. The Morgan fingerprint density at radius 3 is 1.58 bits per heavy atom. The number of H-pyrrole nitrogens is 1. The van der Waals surface area contributed by atoms with Gasteiger partial charge in [-0.2, -0.15) is 0 Å². The summed E-state index contributed by atoms with van der Waals surface area (Å²) in [4.78, 5) is 26.8. The van der Waals surface area contributed by atoms with Crippen LogP contribution in [0.4, 0.5) is 0 Å². The largest absolute Gasteiger partial charge is 0.354 e. The Balaban J connectivity index is 2.59. The summed E-state index contributed by atoms with van der Waals surface area (Å²) < 4.78 is 0. The van der Waals surface area contributed by atoms with E-state index in [1.165, 1.54) is 0 Å². The Kier molecular flexibility index (Phi) is 2.49. The third-order valence-electron chi connectivity index (χ3n) is 3.41. The Bertz CT molecular complexity index is 759. The predicted octanol–water partition coefficient (Wildman–Crippen LogP) is 3.73. The summed E-state index contributed by atoms with van der Waals surface area (Å²) in [7, 11) is 0. The molecule has 1 heterocycles. The van der Waals surface area contributed by atoms with E-state index in [-0.39, 0.29) is 11.6 Å². The number of ketones is 2. The molecule has 3 heteroatoms. The number of carbonyl (C=O) groups is 2.